The van der Waals surface area contributed by atoms with Crippen LogP contribution >= 0.6 is 11.8 Å². The Kier molecular flexibility index (Phi) is 6.48. The van der Waals surface area contributed by atoms with Gasteiger partial charge in [0.25, 0.3) is 10.0 Å². The molecule has 3 fully saturated rings. The van der Waals surface area contributed by atoms with Gasteiger partial charge in [-0.1, -0.05) is 19.4 Å². The van der Waals surface area contributed by atoms with Crippen LogP contribution in [0.2, 0.25) is 0 Å². The van der Waals surface area contributed by atoms with Gasteiger partial charge in [0.15, 0.2) is 5.03 Å². The number of amides is 1. The maximum atomic E-state index is 12.7. The monoisotopic (exact) mass is 438 g/mol. The quantitative estimate of drug-likeness (QED) is 0.729. The number of carbonyl (C=O) groups excluding carboxylic acids is 1. The van der Waals surface area contributed by atoms with Crippen LogP contribution in [0.1, 0.15) is 39.0 Å². The maximum absolute atomic E-state index is 12.7. The van der Waals surface area contributed by atoms with Gasteiger partial charge in [-0.05, 0) is 43.7 Å². The van der Waals surface area contributed by atoms with E-state index < -0.39 is 10.0 Å². The number of nitrogens with one attached hydrogen (secondary N) is 2. The second-order valence-corrected chi connectivity index (χ2v) is 11.6. The Labute approximate surface area is 177 Å². The predicted octanol–water partition coefficient (Wildman–Crippen LogP) is 1.82. The molecule has 4 atom stereocenters. The fraction of sp³-hybridized carbons (Fsp3) is 0.700. The number of rotatable bonds is 5. The third-order valence-electron chi connectivity index (χ3n) is 6.41. The molecule has 3 heterocycles. The first-order valence-corrected chi connectivity index (χ1v) is 13.0. The molecule has 1 aromatic rings. The van der Waals surface area contributed by atoms with E-state index in [1.165, 1.54) is 12.6 Å². The number of thioether (sulfide) groups is 1. The highest BCUT2D eigenvalue weighted by atomic mass is 32.2. The van der Waals surface area contributed by atoms with Crippen LogP contribution in [0.15, 0.2) is 29.4 Å². The molecular formula is C20H30N4O3S2. The third-order valence-corrected chi connectivity index (χ3v) is 9.69. The topological polar surface area (TPSA) is 91.4 Å². The molecule has 0 aromatic carbocycles. The average molecular weight is 439 g/mol. The van der Waals surface area contributed by atoms with Crippen LogP contribution in [-0.4, -0.2) is 59.9 Å². The van der Waals surface area contributed by atoms with E-state index in [4.69, 9.17) is 0 Å². The lowest BCUT2D eigenvalue weighted by atomic mass is 9.76. The number of carbonyl (C=O) groups is 1. The molecule has 4 rings (SSSR count). The normalized spacial score (nSPS) is 31.8. The average Bonchev–Trinajstić information content (AvgIpc) is 2.74. The highest BCUT2D eigenvalue weighted by Gasteiger charge is 2.41. The largest absolute Gasteiger partial charge is 0.340 e. The summed E-state index contributed by atoms with van der Waals surface area (Å²) in [6, 6.07) is 5.25. The summed E-state index contributed by atoms with van der Waals surface area (Å²) in [5.41, 5.74) is 0. The van der Waals surface area contributed by atoms with Crippen molar-refractivity contribution in [3.8, 4) is 0 Å². The van der Waals surface area contributed by atoms with Crippen LogP contribution in [0.5, 0.6) is 0 Å². The zero-order valence-electron chi connectivity index (χ0n) is 16.8. The molecule has 0 bridgehead atoms. The Bertz CT molecular complexity index is 812. The van der Waals surface area contributed by atoms with E-state index in [2.05, 4.69) is 22.5 Å². The number of pyridine rings is 1. The maximum Gasteiger partial charge on any atom is 0.260 e. The van der Waals surface area contributed by atoms with Gasteiger partial charge in [-0.2, -0.15) is 16.1 Å². The number of aromatic nitrogens is 1. The Morgan fingerprint density at radius 1 is 1.21 bits per heavy atom. The van der Waals surface area contributed by atoms with E-state index in [9.17, 15) is 13.2 Å². The van der Waals surface area contributed by atoms with Crippen molar-refractivity contribution in [2.45, 2.75) is 61.5 Å². The van der Waals surface area contributed by atoms with Crippen molar-refractivity contribution in [1.82, 2.24) is 19.9 Å². The summed E-state index contributed by atoms with van der Waals surface area (Å²) in [4.78, 5) is 16.5. The lowest BCUT2D eigenvalue weighted by Gasteiger charge is -2.43. The van der Waals surface area contributed by atoms with Gasteiger partial charge in [0, 0.05) is 36.3 Å². The number of piperidine rings is 1. The second kappa shape index (κ2) is 8.91. The van der Waals surface area contributed by atoms with Crippen LogP contribution in [-0.2, 0) is 14.8 Å². The van der Waals surface area contributed by atoms with E-state index in [-0.39, 0.29) is 29.1 Å². The van der Waals surface area contributed by atoms with E-state index in [0.29, 0.717) is 24.3 Å². The predicted molar refractivity (Wildman–Crippen MR) is 114 cm³/mol. The van der Waals surface area contributed by atoms with Crippen molar-refractivity contribution >= 4 is 27.7 Å². The van der Waals surface area contributed by atoms with Crippen molar-refractivity contribution < 1.29 is 13.2 Å². The van der Waals surface area contributed by atoms with Crippen LogP contribution in [0.3, 0.4) is 0 Å². The Morgan fingerprint density at radius 3 is 2.72 bits per heavy atom. The first-order valence-electron chi connectivity index (χ1n) is 10.5. The minimum atomic E-state index is -3.50. The van der Waals surface area contributed by atoms with Gasteiger partial charge >= 0.3 is 0 Å². The SMILES string of the molecule is CC1CCCC2C(=O)NC(CSC3CCN(S(=O)(=O)c4ccccn4)CC3)NC12. The van der Waals surface area contributed by atoms with Crippen molar-refractivity contribution in [3.63, 3.8) is 0 Å². The number of hydrogen-bond acceptors (Lipinski definition) is 6. The van der Waals surface area contributed by atoms with Crippen molar-refractivity contribution in [1.29, 1.82) is 0 Å². The number of fused-ring (bicyclic) bond motifs is 1. The molecule has 9 heteroatoms. The molecule has 1 saturated carbocycles. The summed E-state index contributed by atoms with van der Waals surface area (Å²) < 4.78 is 26.9. The van der Waals surface area contributed by atoms with E-state index in [1.54, 1.807) is 22.5 Å². The van der Waals surface area contributed by atoms with E-state index in [0.717, 1.165) is 31.4 Å². The van der Waals surface area contributed by atoms with E-state index in [1.807, 2.05) is 11.8 Å². The fourth-order valence-electron chi connectivity index (χ4n) is 4.74. The van der Waals surface area contributed by atoms with Crippen molar-refractivity contribution in [2.75, 3.05) is 18.8 Å². The summed E-state index contributed by atoms with van der Waals surface area (Å²) in [7, 11) is -3.50. The summed E-state index contributed by atoms with van der Waals surface area (Å²) >= 11 is 1.84. The fourth-order valence-corrected chi connectivity index (χ4v) is 7.32. The van der Waals surface area contributed by atoms with Crippen LogP contribution < -0.4 is 10.6 Å². The molecule has 0 spiro atoms. The molecule has 7 nitrogen and oxygen atoms in total. The van der Waals surface area contributed by atoms with Gasteiger partial charge < -0.3 is 5.32 Å². The van der Waals surface area contributed by atoms with Crippen molar-refractivity contribution in [2.24, 2.45) is 11.8 Å². The van der Waals surface area contributed by atoms with Gasteiger partial charge in [0.05, 0.1) is 12.1 Å². The summed E-state index contributed by atoms with van der Waals surface area (Å²) in [6.07, 6.45) is 6.46. The first kappa shape index (κ1) is 21.1. The summed E-state index contributed by atoms with van der Waals surface area (Å²) in [5, 5.41) is 7.34. The molecule has 1 aliphatic carbocycles. The van der Waals surface area contributed by atoms with Gasteiger partial charge in [-0.25, -0.2) is 13.4 Å². The number of sulfonamides is 1. The highest BCUT2D eigenvalue weighted by Crippen LogP contribution is 2.33. The second-order valence-electron chi connectivity index (χ2n) is 8.37. The molecular weight excluding hydrogens is 408 g/mol. The Hall–Kier alpha value is -1.16. The molecule has 4 unspecified atom stereocenters. The molecule has 2 saturated heterocycles. The lowest BCUT2D eigenvalue weighted by molar-refractivity contribution is -0.131. The molecule has 1 amide bonds. The molecule has 2 aliphatic heterocycles. The molecule has 29 heavy (non-hydrogen) atoms. The lowest BCUT2D eigenvalue weighted by Crippen LogP contribution is -2.65. The van der Waals surface area contributed by atoms with Crippen LogP contribution in [0.4, 0.5) is 0 Å². The van der Waals surface area contributed by atoms with Gasteiger partial charge in [-0.15, -0.1) is 0 Å². The zero-order chi connectivity index (χ0) is 20.4. The molecule has 160 valence electrons. The third kappa shape index (κ3) is 4.62. The van der Waals surface area contributed by atoms with Gasteiger partial charge in [0.1, 0.15) is 0 Å². The number of hydrogen-bond donors (Lipinski definition) is 2. The van der Waals surface area contributed by atoms with Gasteiger partial charge in [0.2, 0.25) is 5.91 Å². The minimum Gasteiger partial charge on any atom is -0.340 e. The number of nitrogens with zero attached hydrogens (tertiary/aromatic N) is 2. The smallest absolute Gasteiger partial charge is 0.260 e. The van der Waals surface area contributed by atoms with Crippen LogP contribution in [0, 0.1) is 11.8 Å². The standard InChI is InChI=1S/C20H30N4O3S2/c1-14-5-4-6-16-19(14)22-17(23-20(16)25)13-28-15-8-11-24(12-9-15)29(26,27)18-7-2-3-10-21-18/h2-3,7,10,14-17,19,22H,4-6,8-9,11-13H2,1H3,(H,23,25). The zero-order valence-corrected chi connectivity index (χ0v) is 18.4. The van der Waals surface area contributed by atoms with Crippen LogP contribution in [0.25, 0.3) is 0 Å². The first-order chi connectivity index (χ1) is 13.9. The van der Waals surface area contributed by atoms with Gasteiger partial charge in [-0.3, -0.25) is 10.1 Å². The Morgan fingerprint density at radius 2 is 2.00 bits per heavy atom. The highest BCUT2D eigenvalue weighted by molar-refractivity contribution is 7.99. The minimum absolute atomic E-state index is 0.00424. The molecule has 2 N–H and O–H groups in total. The Balaban J connectivity index is 1.27. The molecule has 1 aromatic heterocycles. The van der Waals surface area contributed by atoms with E-state index >= 15 is 0 Å². The van der Waals surface area contributed by atoms with Crippen molar-refractivity contribution in [3.05, 3.63) is 24.4 Å². The molecule has 3 aliphatic rings. The summed E-state index contributed by atoms with van der Waals surface area (Å²) in [6.45, 7) is 3.27. The summed E-state index contributed by atoms with van der Waals surface area (Å²) in [5.74, 6) is 1.66. The molecule has 0 radical (unpaired) electrons.